The number of nitrogens with one attached hydrogen (secondary N) is 2. The Balaban J connectivity index is 1.41. The first kappa shape index (κ1) is 30.7. The molecule has 0 saturated heterocycles. The van der Waals surface area contributed by atoms with Crippen LogP contribution in [0, 0.1) is 11.8 Å². The van der Waals surface area contributed by atoms with Gasteiger partial charge in [-0.3, -0.25) is 9.59 Å². The number of hydrogen-bond acceptors (Lipinski definition) is 7. The highest BCUT2D eigenvalue weighted by Crippen LogP contribution is 2.43. The van der Waals surface area contributed by atoms with E-state index in [9.17, 15) is 35.9 Å². The average Bonchev–Trinajstić information content (AvgIpc) is 3.45. The molecule has 1 unspecified atom stereocenters. The van der Waals surface area contributed by atoms with Crippen molar-refractivity contribution in [1.82, 2.24) is 35.5 Å². The highest BCUT2D eigenvalue weighted by Gasteiger charge is 2.41. The zero-order valence-corrected chi connectivity index (χ0v) is 23.4. The van der Waals surface area contributed by atoms with Gasteiger partial charge >= 0.3 is 6.18 Å². The molecule has 0 radical (unpaired) electrons. The Kier molecular flexibility index (Phi) is 8.15. The lowest BCUT2D eigenvalue weighted by Crippen LogP contribution is -2.38. The molecule has 0 aromatic carbocycles. The van der Waals surface area contributed by atoms with Gasteiger partial charge in [0.15, 0.2) is 22.7 Å². The van der Waals surface area contributed by atoms with Crippen LogP contribution in [0.1, 0.15) is 105 Å². The summed E-state index contributed by atoms with van der Waals surface area (Å²) in [6.07, 6.45) is -2.40. The van der Waals surface area contributed by atoms with Crippen molar-refractivity contribution in [3.05, 3.63) is 41.1 Å². The number of carbonyl (C=O) groups is 2. The number of fused-ring (bicyclic) bond motifs is 1. The van der Waals surface area contributed by atoms with Gasteiger partial charge < -0.3 is 10.6 Å². The molecule has 0 bridgehead atoms. The Morgan fingerprint density at radius 1 is 1.05 bits per heavy atom. The van der Waals surface area contributed by atoms with Crippen LogP contribution < -0.4 is 10.6 Å². The van der Waals surface area contributed by atoms with Crippen molar-refractivity contribution < 1.29 is 40.6 Å². The van der Waals surface area contributed by atoms with Crippen LogP contribution in [-0.4, -0.2) is 48.8 Å². The molecule has 3 heterocycles. The van der Waals surface area contributed by atoms with Gasteiger partial charge in [-0.25, -0.2) is 27.3 Å². The lowest BCUT2D eigenvalue weighted by atomic mass is 9.81. The SMILES string of the molecule is CC(C)(F)c1nonc1C(=O)N[C@H](c1cn2ncc(C(NC(=O)CCC(F)(F)F)C3CC3)cc2n1)C1CCC(F)(F)CC1. The third-order valence-electron chi connectivity index (χ3n) is 7.87. The quantitative estimate of drug-likeness (QED) is 0.288. The van der Waals surface area contributed by atoms with E-state index in [1.165, 1.54) is 30.8 Å². The third-order valence-corrected chi connectivity index (χ3v) is 7.87. The smallest absolute Gasteiger partial charge is 0.349 e. The molecule has 2 amide bonds. The van der Waals surface area contributed by atoms with E-state index in [1.54, 1.807) is 6.07 Å². The lowest BCUT2D eigenvalue weighted by Gasteiger charge is -2.33. The van der Waals surface area contributed by atoms with Gasteiger partial charge in [0, 0.05) is 19.3 Å². The first-order valence-corrected chi connectivity index (χ1v) is 14.0. The Morgan fingerprint density at radius 2 is 1.72 bits per heavy atom. The van der Waals surface area contributed by atoms with E-state index in [4.69, 9.17) is 0 Å². The predicted octanol–water partition coefficient (Wildman–Crippen LogP) is 5.52. The highest BCUT2D eigenvalue weighted by molar-refractivity contribution is 5.93. The number of amides is 2. The van der Waals surface area contributed by atoms with Crippen LogP contribution in [-0.2, 0) is 10.5 Å². The van der Waals surface area contributed by atoms with Gasteiger partial charge in [0.1, 0.15) is 0 Å². The number of imidazole rings is 1. The Labute approximate surface area is 241 Å². The number of hydrogen-bond donors (Lipinski definition) is 2. The van der Waals surface area contributed by atoms with Crippen molar-refractivity contribution in [2.75, 3.05) is 0 Å². The van der Waals surface area contributed by atoms with Crippen molar-refractivity contribution in [3.63, 3.8) is 0 Å². The number of rotatable bonds is 10. The summed E-state index contributed by atoms with van der Waals surface area (Å²) in [5.41, 5.74) is -1.56. The standard InChI is InChI=1S/C27H31F6N7O3/c1-25(2,28)23-22(38-43-39-23)24(42)37-21(15-5-8-26(29,30)9-6-15)17-13-40-18(35-17)11-16(12-34-40)20(14-3-4-14)36-19(41)7-10-27(31,32)33/h11-15,20-21H,3-10H2,1-2H3,(H,36,41)(H,37,42)/t20?,21-/m0/s1. The fraction of sp³-hybridized carbons (Fsp3) is 0.630. The van der Waals surface area contributed by atoms with Gasteiger partial charge in [-0.05, 0) is 68.2 Å². The summed E-state index contributed by atoms with van der Waals surface area (Å²) >= 11 is 0. The molecular weight excluding hydrogens is 584 g/mol. The lowest BCUT2D eigenvalue weighted by molar-refractivity contribution is -0.144. The minimum atomic E-state index is -4.45. The van der Waals surface area contributed by atoms with Gasteiger partial charge in [0.25, 0.3) is 5.91 Å². The summed E-state index contributed by atoms with van der Waals surface area (Å²) in [4.78, 5) is 30.1. The molecule has 16 heteroatoms. The van der Waals surface area contributed by atoms with E-state index in [0.29, 0.717) is 16.9 Å². The van der Waals surface area contributed by atoms with Gasteiger partial charge in [-0.1, -0.05) is 5.16 Å². The molecule has 2 saturated carbocycles. The summed E-state index contributed by atoms with van der Waals surface area (Å²) in [5, 5.41) is 16.9. The van der Waals surface area contributed by atoms with Crippen molar-refractivity contribution in [2.24, 2.45) is 11.8 Å². The van der Waals surface area contributed by atoms with Gasteiger partial charge in [-0.15, -0.1) is 0 Å². The molecule has 2 N–H and O–H groups in total. The van der Waals surface area contributed by atoms with E-state index in [-0.39, 0.29) is 43.0 Å². The number of alkyl halides is 6. The van der Waals surface area contributed by atoms with E-state index in [0.717, 1.165) is 12.8 Å². The van der Waals surface area contributed by atoms with Crippen LogP contribution in [0.2, 0.25) is 0 Å². The van der Waals surface area contributed by atoms with Crippen LogP contribution in [0.25, 0.3) is 5.65 Å². The summed E-state index contributed by atoms with van der Waals surface area (Å²) in [6.45, 7) is 2.37. The molecule has 0 aliphatic heterocycles. The molecule has 2 aliphatic rings. The van der Waals surface area contributed by atoms with Crippen LogP contribution in [0.5, 0.6) is 0 Å². The normalized spacial score (nSPS) is 19.3. The van der Waals surface area contributed by atoms with E-state index >= 15 is 0 Å². The minimum absolute atomic E-state index is 0.0366. The maximum Gasteiger partial charge on any atom is 0.389 e. The second-order valence-corrected chi connectivity index (χ2v) is 11.8. The summed E-state index contributed by atoms with van der Waals surface area (Å²) in [7, 11) is 0. The molecule has 43 heavy (non-hydrogen) atoms. The first-order valence-electron chi connectivity index (χ1n) is 14.0. The molecule has 10 nitrogen and oxygen atoms in total. The van der Waals surface area contributed by atoms with Crippen molar-refractivity contribution >= 4 is 17.5 Å². The van der Waals surface area contributed by atoms with Crippen molar-refractivity contribution in [2.45, 2.75) is 95.1 Å². The van der Waals surface area contributed by atoms with E-state index in [2.05, 4.69) is 35.7 Å². The topological polar surface area (TPSA) is 127 Å². The fourth-order valence-electron chi connectivity index (χ4n) is 5.40. The van der Waals surface area contributed by atoms with Gasteiger partial charge in [0.05, 0.1) is 36.6 Å². The second kappa shape index (κ2) is 11.4. The van der Waals surface area contributed by atoms with Crippen LogP contribution >= 0.6 is 0 Å². The van der Waals surface area contributed by atoms with Crippen LogP contribution in [0.4, 0.5) is 26.3 Å². The fourth-order valence-corrected chi connectivity index (χ4v) is 5.40. The molecule has 5 rings (SSSR count). The Morgan fingerprint density at radius 3 is 2.35 bits per heavy atom. The number of carbonyl (C=O) groups excluding carboxylic acids is 2. The van der Waals surface area contributed by atoms with Crippen molar-refractivity contribution in [3.8, 4) is 0 Å². The second-order valence-electron chi connectivity index (χ2n) is 11.8. The molecule has 2 aliphatic carbocycles. The van der Waals surface area contributed by atoms with Gasteiger partial charge in [-0.2, -0.15) is 18.3 Å². The molecule has 234 valence electrons. The summed E-state index contributed by atoms with van der Waals surface area (Å²) in [5.74, 6) is -4.78. The van der Waals surface area contributed by atoms with E-state index in [1.807, 2.05) is 0 Å². The number of nitrogens with zero attached hydrogens (tertiary/aromatic N) is 5. The largest absolute Gasteiger partial charge is 0.389 e. The molecule has 3 aromatic rings. The third kappa shape index (κ3) is 7.44. The molecule has 2 fully saturated rings. The van der Waals surface area contributed by atoms with E-state index < -0.39 is 60.4 Å². The zero-order valence-electron chi connectivity index (χ0n) is 23.4. The first-order chi connectivity index (χ1) is 20.1. The number of halogens is 6. The van der Waals surface area contributed by atoms with Gasteiger partial charge in [0.2, 0.25) is 11.8 Å². The molecule has 3 aromatic heterocycles. The van der Waals surface area contributed by atoms with Crippen molar-refractivity contribution in [1.29, 1.82) is 0 Å². The molecular formula is C27H31F6N7O3. The monoisotopic (exact) mass is 615 g/mol. The predicted molar refractivity (Wildman–Crippen MR) is 137 cm³/mol. The number of aromatic nitrogens is 5. The minimum Gasteiger partial charge on any atom is -0.349 e. The van der Waals surface area contributed by atoms with Crippen LogP contribution in [0.15, 0.2) is 23.1 Å². The molecule has 2 atom stereocenters. The maximum atomic E-state index is 14.6. The Hall–Kier alpha value is -3.72. The summed E-state index contributed by atoms with van der Waals surface area (Å²) in [6, 6.07) is 0.210. The summed E-state index contributed by atoms with van der Waals surface area (Å²) < 4.78 is 86.4. The van der Waals surface area contributed by atoms with Crippen LogP contribution in [0.3, 0.4) is 0 Å². The Bertz CT molecular complexity index is 1470. The molecule has 0 spiro atoms. The highest BCUT2D eigenvalue weighted by atomic mass is 19.4. The zero-order chi connectivity index (χ0) is 31.2. The average molecular weight is 616 g/mol. The maximum absolute atomic E-state index is 14.6.